The van der Waals surface area contributed by atoms with E-state index in [1.54, 1.807) is 6.92 Å². The summed E-state index contributed by atoms with van der Waals surface area (Å²) in [6, 6.07) is 6.05. The summed E-state index contributed by atoms with van der Waals surface area (Å²) < 4.78 is 39.4. The maximum absolute atomic E-state index is 13.1. The average molecular weight is 302 g/mol. The predicted molar refractivity (Wildman–Crippen MR) is 71.3 cm³/mol. The molecule has 106 valence electrons. The van der Waals surface area contributed by atoms with Crippen molar-refractivity contribution in [3.05, 3.63) is 40.7 Å². The van der Waals surface area contributed by atoms with E-state index < -0.39 is 11.9 Å². The lowest BCUT2D eigenvalue weighted by Crippen LogP contribution is -2.15. The van der Waals surface area contributed by atoms with Crippen LogP contribution >= 0.6 is 11.6 Å². The van der Waals surface area contributed by atoms with Crippen LogP contribution in [-0.2, 0) is 12.6 Å². The van der Waals surface area contributed by atoms with Gasteiger partial charge in [-0.1, -0.05) is 30.7 Å². The molecule has 1 heterocycles. The minimum Gasteiger partial charge on any atom is -0.368 e. The second-order valence-corrected chi connectivity index (χ2v) is 4.55. The predicted octanol–water partition coefficient (Wildman–Crippen LogP) is 3.96. The van der Waals surface area contributed by atoms with Crippen LogP contribution in [0.25, 0.3) is 11.1 Å². The van der Waals surface area contributed by atoms with Crippen molar-refractivity contribution in [2.75, 3.05) is 5.73 Å². The molecule has 0 radical (unpaired) electrons. The average Bonchev–Trinajstić information content (AvgIpc) is 2.38. The van der Waals surface area contributed by atoms with E-state index >= 15 is 0 Å². The third-order valence-electron chi connectivity index (χ3n) is 2.74. The summed E-state index contributed by atoms with van der Waals surface area (Å²) in [5.41, 5.74) is 4.90. The summed E-state index contributed by atoms with van der Waals surface area (Å²) in [5.74, 6) is -0.383. The molecule has 0 atom stereocenters. The first-order valence-electron chi connectivity index (χ1n) is 5.82. The number of nitrogen functional groups attached to an aromatic ring is 1. The lowest BCUT2D eigenvalue weighted by Gasteiger charge is -2.15. The van der Waals surface area contributed by atoms with Crippen LogP contribution in [-0.4, -0.2) is 9.97 Å². The SMILES string of the molecule is CCc1nc(N)nc(C(F)(F)F)c1-c1ccc(Cl)cc1. The number of halogens is 4. The zero-order chi connectivity index (χ0) is 14.9. The van der Waals surface area contributed by atoms with Gasteiger partial charge in [0.1, 0.15) is 0 Å². The van der Waals surface area contributed by atoms with Crippen LogP contribution < -0.4 is 5.73 Å². The van der Waals surface area contributed by atoms with Crippen LogP contribution in [0.2, 0.25) is 5.02 Å². The number of aromatic nitrogens is 2. The standard InChI is InChI=1S/C13H11ClF3N3/c1-2-9-10(7-3-5-8(14)6-4-7)11(13(15,16)17)20-12(18)19-9/h3-6H,2H2,1H3,(H2,18,19,20). The molecule has 0 aliphatic carbocycles. The fourth-order valence-electron chi connectivity index (χ4n) is 1.91. The second kappa shape index (κ2) is 5.28. The summed E-state index contributed by atoms with van der Waals surface area (Å²) in [5, 5.41) is 0.441. The van der Waals surface area contributed by atoms with Gasteiger partial charge in [0.05, 0.1) is 5.69 Å². The van der Waals surface area contributed by atoms with Gasteiger partial charge in [-0.05, 0) is 24.1 Å². The quantitative estimate of drug-likeness (QED) is 0.913. The van der Waals surface area contributed by atoms with Crippen molar-refractivity contribution in [3.8, 4) is 11.1 Å². The highest BCUT2D eigenvalue weighted by atomic mass is 35.5. The third-order valence-corrected chi connectivity index (χ3v) is 2.99. The van der Waals surface area contributed by atoms with Crippen molar-refractivity contribution in [1.29, 1.82) is 0 Å². The molecule has 0 bridgehead atoms. The Morgan fingerprint density at radius 3 is 2.25 bits per heavy atom. The van der Waals surface area contributed by atoms with Crippen molar-refractivity contribution in [1.82, 2.24) is 9.97 Å². The molecule has 2 rings (SSSR count). The lowest BCUT2D eigenvalue weighted by molar-refractivity contribution is -0.140. The van der Waals surface area contributed by atoms with Crippen molar-refractivity contribution < 1.29 is 13.2 Å². The van der Waals surface area contributed by atoms with Crippen LogP contribution in [0, 0.1) is 0 Å². The van der Waals surface area contributed by atoms with Crippen molar-refractivity contribution in [2.45, 2.75) is 19.5 Å². The Hall–Kier alpha value is -1.82. The van der Waals surface area contributed by atoms with E-state index in [-0.39, 0.29) is 17.2 Å². The summed E-state index contributed by atoms with van der Waals surface area (Å²) in [4.78, 5) is 7.26. The summed E-state index contributed by atoms with van der Waals surface area (Å²) in [6.07, 6.45) is -4.29. The van der Waals surface area contributed by atoms with E-state index in [1.165, 1.54) is 24.3 Å². The molecule has 0 saturated carbocycles. The van der Waals surface area contributed by atoms with E-state index in [2.05, 4.69) is 9.97 Å². The molecule has 7 heteroatoms. The molecule has 20 heavy (non-hydrogen) atoms. The van der Waals surface area contributed by atoms with Gasteiger partial charge in [-0.2, -0.15) is 13.2 Å². The fourth-order valence-corrected chi connectivity index (χ4v) is 2.03. The number of hydrogen-bond donors (Lipinski definition) is 1. The van der Waals surface area contributed by atoms with Gasteiger partial charge in [-0.3, -0.25) is 0 Å². The highest BCUT2D eigenvalue weighted by molar-refractivity contribution is 6.30. The minimum absolute atomic E-state index is 0.0501. The Bertz CT molecular complexity index is 624. The highest BCUT2D eigenvalue weighted by Gasteiger charge is 2.37. The smallest absolute Gasteiger partial charge is 0.368 e. The van der Waals surface area contributed by atoms with Crippen LogP contribution in [0.1, 0.15) is 18.3 Å². The monoisotopic (exact) mass is 301 g/mol. The number of anilines is 1. The zero-order valence-electron chi connectivity index (χ0n) is 10.5. The van der Waals surface area contributed by atoms with E-state index in [1.807, 2.05) is 0 Å². The van der Waals surface area contributed by atoms with Crippen molar-refractivity contribution >= 4 is 17.5 Å². The number of alkyl halides is 3. The molecule has 0 fully saturated rings. The summed E-state index contributed by atoms with van der Waals surface area (Å²) in [7, 11) is 0. The Morgan fingerprint density at radius 1 is 1.15 bits per heavy atom. The van der Waals surface area contributed by atoms with Gasteiger partial charge >= 0.3 is 6.18 Å². The van der Waals surface area contributed by atoms with E-state index in [4.69, 9.17) is 17.3 Å². The van der Waals surface area contributed by atoms with Gasteiger partial charge in [-0.25, -0.2) is 9.97 Å². The van der Waals surface area contributed by atoms with E-state index in [0.29, 0.717) is 17.0 Å². The lowest BCUT2D eigenvalue weighted by atomic mass is 10.00. The normalized spacial score (nSPS) is 11.7. The molecule has 1 aromatic carbocycles. The number of rotatable bonds is 2. The molecular formula is C13H11ClF3N3. The van der Waals surface area contributed by atoms with Crippen LogP contribution in [0.4, 0.5) is 19.1 Å². The van der Waals surface area contributed by atoms with Gasteiger partial charge in [0.25, 0.3) is 0 Å². The molecule has 2 N–H and O–H groups in total. The highest BCUT2D eigenvalue weighted by Crippen LogP contribution is 2.38. The molecule has 0 spiro atoms. The minimum atomic E-state index is -4.60. The molecule has 1 aromatic heterocycles. The molecular weight excluding hydrogens is 291 g/mol. The van der Waals surface area contributed by atoms with Crippen LogP contribution in [0.5, 0.6) is 0 Å². The summed E-state index contributed by atoms with van der Waals surface area (Å²) >= 11 is 5.75. The van der Waals surface area contributed by atoms with Gasteiger partial charge in [0, 0.05) is 10.6 Å². The number of hydrogen-bond acceptors (Lipinski definition) is 3. The van der Waals surface area contributed by atoms with E-state index in [0.717, 1.165) is 0 Å². The number of aryl methyl sites for hydroxylation is 1. The zero-order valence-corrected chi connectivity index (χ0v) is 11.3. The van der Waals surface area contributed by atoms with Gasteiger partial charge in [0.2, 0.25) is 5.95 Å². The molecule has 2 aromatic rings. The molecule has 0 saturated heterocycles. The fraction of sp³-hybridized carbons (Fsp3) is 0.231. The Labute approximate surface area is 118 Å². The molecule has 3 nitrogen and oxygen atoms in total. The summed E-state index contributed by atoms with van der Waals surface area (Å²) in [6.45, 7) is 1.71. The number of nitrogens with two attached hydrogens (primary N) is 1. The second-order valence-electron chi connectivity index (χ2n) is 4.11. The van der Waals surface area contributed by atoms with Crippen LogP contribution in [0.15, 0.2) is 24.3 Å². The van der Waals surface area contributed by atoms with Gasteiger partial charge < -0.3 is 5.73 Å². The molecule has 0 aliphatic heterocycles. The topological polar surface area (TPSA) is 51.8 Å². The van der Waals surface area contributed by atoms with Gasteiger partial charge in [-0.15, -0.1) is 0 Å². The van der Waals surface area contributed by atoms with Crippen molar-refractivity contribution in [3.63, 3.8) is 0 Å². The van der Waals surface area contributed by atoms with E-state index in [9.17, 15) is 13.2 Å². The molecule has 0 aliphatic rings. The third kappa shape index (κ3) is 2.85. The maximum atomic E-state index is 13.1. The first-order valence-corrected chi connectivity index (χ1v) is 6.20. The van der Waals surface area contributed by atoms with Gasteiger partial charge in [0.15, 0.2) is 5.69 Å². The van der Waals surface area contributed by atoms with Crippen LogP contribution in [0.3, 0.4) is 0 Å². The maximum Gasteiger partial charge on any atom is 0.434 e. The largest absolute Gasteiger partial charge is 0.434 e. The number of benzene rings is 1. The molecule has 0 unspecified atom stereocenters. The Balaban J connectivity index is 2.75. The Morgan fingerprint density at radius 2 is 1.75 bits per heavy atom. The Kier molecular flexibility index (Phi) is 3.85. The first-order chi connectivity index (χ1) is 9.32. The number of nitrogens with zero attached hydrogens (tertiary/aromatic N) is 2. The van der Waals surface area contributed by atoms with Crippen molar-refractivity contribution in [2.24, 2.45) is 0 Å². The molecule has 0 amide bonds. The first kappa shape index (κ1) is 14.6.